The zero-order chi connectivity index (χ0) is 16.3. The fraction of sp³-hybridized carbons (Fsp3) is 0. The van der Waals surface area contributed by atoms with E-state index in [1.807, 2.05) is 36.4 Å². The summed E-state index contributed by atoms with van der Waals surface area (Å²) in [6.07, 6.45) is 3.50. The molecule has 0 atom stereocenters. The summed E-state index contributed by atoms with van der Waals surface area (Å²) in [6, 6.07) is 18.0. The molecule has 0 aliphatic carbocycles. The Balaban J connectivity index is 1.87. The van der Waals surface area contributed by atoms with E-state index in [0.29, 0.717) is 22.6 Å². The van der Waals surface area contributed by atoms with Gasteiger partial charge in [0.05, 0.1) is 5.84 Å². The second kappa shape index (κ2) is 4.54. The minimum atomic E-state index is -3.97. The zero-order valence-corrected chi connectivity index (χ0v) is 12.7. The summed E-state index contributed by atoms with van der Waals surface area (Å²) in [4.78, 5) is 5.60. The number of anilines is 1. The van der Waals surface area contributed by atoms with Crippen LogP contribution in [0.15, 0.2) is 71.7 Å². The molecule has 0 aromatic heterocycles. The van der Waals surface area contributed by atoms with Crippen LogP contribution in [-0.4, -0.2) is 12.7 Å². The summed E-state index contributed by atoms with van der Waals surface area (Å²) in [5, 5.41) is 1.37. The van der Waals surface area contributed by atoms with Gasteiger partial charge in [-0.25, -0.2) is 4.99 Å². The fourth-order valence-corrected chi connectivity index (χ4v) is 3.65. The third-order valence-corrected chi connectivity index (χ3v) is 4.71. The number of benzene rings is 3. The van der Waals surface area contributed by atoms with Gasteiger partial charge >= 0.3 is 6.84 Å². The van der Waals surface area contributed by atoms with Crippen molar-refractivity contribution in [3.05, 3.63) is 72.3 Å². The van der Waals surface area contributed by atoms with Gasteiger partial charge in [0.2, 0.25) is 0 Å². The van der Waals surface area contributed by atoms with E-state index in [9.17, 15) is 0 Å². The number of hydrogen-bond donors (Lipinski definition) is 0. The second-order valence-corrected chi connectivity index (χ2v) is 6.08. The van der Waals surface area contributed by atoms with Gasteiger partial charge in [0.15, 0.2) is 0 Å². The molecule has 2 nitrogen and oxygen atoms in total. The summed E-state index contributed by atoms with van der Waals surface area (Å²) in [7, 11) is 0. The first-order valence-electron chi connectivity index (χ1n) is 7.85. The quantitative estimate of drug-likeness (QED) is 0.557. The molecular weight excluding hydrogens is 305 g/mol. The summed E-state index contributed by atoms with van der Waals surface area (Å²) in [5.74, 6) is 0.293. The molecule has 5 rings (SSSR count). The monoisotopic (exact) mass is 317 g/mol. The van der Waals surface area contributed by atoms with Crippen molar-refractivity contribution in [1.29, 1.82) is 0 Å². The molecule has 0 N–H and O–H groups in total. The Labute approximate surface area is 137 Å². The molecule has 0 saturated heterocycles. The van der Waals surface area contributed by atoms with Gasteiger partial charge in [0, 0.05) is 11.4 Å². The molecule has 116 valence electrons. The van der Waals surface area contributed by atoms with Crippen molar-refractivity contribution >= 4 is 46.4 Å². The Hall–Kier alpha value is -2.95. The van der Waals surface area contributed by atoms with E-state index in [1.165, 1.54) is 0 Å². The number of aliphatic imine (C=N–C) groups is 1. The van der Waals surface area contributed by atoms with Gasteiger partial charge < -0.3 is 13.4 Å². The topological polar surface area (TPSA) is 15.6 Å². The molecule has 24 heavy (non-hydrogen) atoms. The number of nitrogens with zero attached hydrogens (tertiary/aromatic N) is 2. The maximum Gasteiger partial charge on any atom is 0.448 e. The maximum absolute atomic E-state index is 15.6. The van der Waals surface area contributed by atoms with Crippen LogP contribution in [0.25, 0.3) is 16.8 Å². The van der Waals surface area contributed by atoms with Gasteiger partial charge in [-0.3, -0.25) is 0 Å². The van der Waals surface area contributed by atoms with Crippen molar-refractivity contribution in [3.8, 4) is 0 Å². The molecule has 2 aliphatic rings. The summed E-state index contributed by atoms with van der Waals surface area (Å²) < 4.78 is 31.2. The van der Waals surface area contributed by atoms with E-state index in [-0.39, 0.29) is 5.46 Å². The number of rotatable bonds is 0. The molecule has 0 fully saturated rings. The van der Waals surface area contributed by atoms with Gasteiger partial charge in [0.1, 0.15) is 0 Å². The number of hydrogen-bond acceptors (Lipinski definition) is 2. The number of para-hydroxylation sites is 1. The second-order valence-electron chi connectivity index (χ2n) is 6.08. The first-order chi connectivity index (χ1) is 11.7. The highest BCUT2D eigenvalue weighted by atomic mass is 19.2. The molecule has 3 aromatic carbocycles. The third-order valence-electron chi connectivity index (χ3n) is 4.71. The lowest BCUT2D eigenvalue weighted by Gasteiger charge is -2.47. The number of amidine groups is 1. The normalized spacial score (nSPS) is 17.1. The summed E-state index contributed by atoms with van der Waals surface area (Å²) in [5.41, 5.74) is 1.67. The Kier molecular flexibility index (Phi) is 2.55. The van der Waals surface area contributed by atoms with Gasteiger partial charge in [0.25, 0.3) is 0 Å². The molecule has 2 heterocycles. The largest absolute Gasteiger partial charge is 0.453 e. The summed E-state index contributed by atoms with van der Waals surface area (Å²) in [6.45, 7) is -3.97. The molecule has 0 spiro atoms. The Bertz CT molecular complexity index is 1060. The SMILES string of the molecule is F[B-]1(F)c2c(ccc3ccccc23)N=C2C=Cc3ccccc3N21. The molecule has 0 saturated carbocycles. The van der Waals surface area contributed by atoms with Gasteiger partial charge in [-0.15, -0.1) is 0 Å². The highest BCUT2D eigenvalue weighted by molar-refractivity contribution is 6.90. The number of fused-ring (bicyclic) bond motifs is 6. The van der Waals surface area contributed by atoms with E-state index in [2.05, 4.69) is 4.99 Å². The van der Waals surface area contributed by atoms with E-state index < -0.39 is 6.84 Å². The third kappa shape index (κ3) is 1.67. The average Bonchev–Trinajstić information content (AvgIpc) is 2.60. The number of halogens is 2. The maximum atomic E-state index is 15.6. The predicted octanol–water partition coefficient (Wildman–Crippen LogP) is 4.50. The van der Waals surface area contributed by atoms with Gasteiger partial charge in [-0.2, -0.15) is 0 Å². The lowest BCUT2D eigenvalue weighted by atomic mass is 9.63. The lowest BCUT2D eigenvalue weighted by molar-refractivity contribution is 0.626. The van der Waals surface area contributed by atoms with Crippen molar-refractivity contribution in [1.82, 2.24) is 0 Å². The van der Waals surface area contributed by atoms with E-state index in [1.54, 1.807) is 36.4 Å². The average molecular weight is 317 g/mol. The minimum absolute atomic E-state index is 0.0296. The highest BCUT2D eigenvalue weighted by Gasteiger charge is 2.43. The smallest absolute Gasteiger partial charge is 0.448 e. The first kappa shape index (κ1) is 13.5. The van der Waals surface area contributed by atoms with Gasteiger partial charge in [-0.1, -0.05) is 54.0 Å². The van der Waals surface area contributed by atoms with Gasteiger partial charge in [-0.05, 0) is 40.6 Å². The molecule has 3 aromatic rings. The van der Waals surface area contributed by atoms with Crippen LogP contribution in [0.5, 0.6) is 0 Å². The molecule has 0 bridgehead atoms. The molecule has 0 radical (unpaired) electrons. The molecule has 2 aliphatic heterocycles. The van der Waals surface area contributed by atoms with Crippen molar-refractivity contribution in [2.75, 3.05) is 4.81 Å². The van der Waals surface area contributed by atoms with Crippen LogP contribution in [0.2, 0.25) is 0 Å². The molecule has 5 heteroatoms. The van der Waals surface area contributed by atoms with Crippen LogP contribution < -0.4 is 10.3 Å². The first-order valence-corrected chi connectivity index (χ1v) is 7.85. The van der Waals surface area contributed by atoms with Crippen molar-refractivity contribution in [3.63, 3.8) is 0 Å². The lowest BCUT2D eigenvalue weighted by Crippen LogP contribution is -2.61. The van der Waals surface area contributed by atoms with Crippen LogP contribution in [0.1, 0.15) is 5.56 Å². The summed E-state index contributed by atoms with van der Waals surface area (Å²) >= 11 is 0. The van der Waals surface area contributed by atoms with E-state index in [4.69, 9.17) is 0 Å². The van der Waals surface area contributed by atoms with Crippen LogP contribution >= 0.6 is 0 Å². The van der Waals surface area contributed by atoms with Crippen LogP contribution in [-0.2, 0) is 0 Å². The van der Waals surface area contributed by atoms with Crippen LogP contribution in [0.4, 0.5) is 20.0 Å². The van der Waals surface area contributed by atoms with E-state index in [0.717, 1.165) is 15.8 Å². The zero-order valence-electron chi connectivity index (χ0n) is 12.7. The van der Waals surface area contributed by atoms with Crippen LogP contribution in [0.3, 0.4) is 0 Å². The van der Waals surface area contributed by atoms with Crippen molar-refractivity contribution in [2.45, 2.75) is 0 Å². The molecule has 0 amide bonds. The highest BCUT2D eigenvalue weighted by Crippen LogP contribution is 2.38. The Morgan fingerprint density at radius 2 is 1.62 bits per heavy atom. The Morgan fingerprint density at radius 3 is 2.54 bits per heavy atom. The van der Waals surface area contributed by atoms with E-state index >= 15 is 8.63 Å². The fourth-order valence-electron chi connectivity index (χ4n) is 3.65. The van der Waals surface area contributed by atoms with Crippen molar-refractivity contribution < 1.29 is 8.63 Å². The van der Waals surface area contributed by atoms with Crippen molar-refractivity contribution in [2.24, 2.45) is 4.99 Å². The Morgan fingerprint density at radius 1 is 0.833 bits per heavy atom. The standard InChI is InChI=1S/C19H12BF2N2/c21-20(22)19-15-7-3-1-5-13(15)9-11-16(19)23-18-12-10-14-6-2-4-8-17(14)24(18)20/h1-12H/q-1. The predicted molar refractivity (Wildman–Crippen MR) is 96.6 cm³/mol. The molecular formula is C19H12BF2N2-. The van der Waals surface area contributed by atoms with Crippen LogP contribution in [0, 0.1) is 0 Å². The molecule has 0 unspecified atom stereocenters. The minimum Gasteiger partial charge on any atom is -0.453 e.